The van der Waals surface area contributed by atoms with Gasteiger partial charge in [-0.2, -0.15) is 9.78 Å². The summed E-state index contributed by atoms with van der Waals surface area (Å²) in [5.41, 5.74) is 2.55. The van der Waals surface area contributed by atoms with Crippen molar-refractivity contribution in [3.8, 4) is 40.2 Å². The fourth-order valence-corrected chi connectivity index (χ4v) is 4.64. The first-order valence-corrected chi connectivity index (χ1v) is 12.1. The fourth-order valence-electron chi connectivity index (χ4n) is 4.64. The molecule has 1 saturated heterocycles. The van der Waals surface area contributed by atoms with Gasteiger partial charge in [0.2, 0.25) is 6.79 Å². The van der Waals surface area contributed by atoms with Crippen molar-refractivity contribution in [3.05, 3.63) is 60.6 Å². The third kappa shape index (κ3) is 4.09. The highest BCUT2D eigenvalue weighted by Crippen LogP contribution is 2.35. The maximum Gasteiger partial charge on any atom is 0.257 e. The first kappa shape index (κ1) is 22.3. The number of hydrogen-bond acceptors (Lipinski definition) is 8. The molecule has 184 valence electrons. The number of benzene rings is 1. The highest BCUT2D eigenvalue weighted by Gasteiger charge is 2.28. The van der Waals surface area contributed by atoms with E-state index < -0.39 is 0 Å². The molecule has 1 amide bonds. The molecule has 2 aliphatic heterocycles. The Bertz CT molecular complexity index is 1380. The standard InChI is InChI=1S/C26H26N6O4/c1-2-9-30-10-12-31(13-11-30)25(33)19-16-28-32(24(19)22-4-3-14-34-22)26-27-8-7-20(29-26)18-5-6-21-23(15-18)36-17-35-21/h3-8,14-16H,2,9-13,17H2,1H3. The molecule has 0 bridgehead atoms. The second kappa shape index (κ2) is 9.46. The number of amides is 1. The molecule has 10 heteroatoms. The number of rotatable bonds is 6. The molecule has 0 atom stereocenters. The number of ether oxygens (including phenoxy) is 2. The molecule has 36 heavy (non-hydrogen) atoms. The Hall–Kier alpha value is -4.18. The third-order valence-electron chi connectivity index (χ3n) is 6.45. The molecule has 6 rings (SSSR count). The Morgan fingerprint density at radius 2 is 1.92 bits per heavy atom. The topological polar surface area (TPSA) is 98.8 Å². The molecular weight excluding hydrogens is 460 g/mol. The van der Waals surface area contributed by atoms with E-state index in [0.717, 1.165) is 31.6 Å². The Kier molecular flexibility index (Phi) is 5.86. The lowest BCUT2D eigenvalue weighted by Crippen LogP contribution is -2.48. The molecule has 10 nitrogen and oxygen atoms in total. The molecular formula is C26H26N6O4. The van der Waals surface area contributed by atoms with E-state index in [1.807, 2.05) is 35.2 Å². The van der Waals surface area contributed by atoms with Gasteiger partial charge in [0.15, 0.2) is 17.3 Å². The van der Waals surface area contributed by atoms with Crippen LogP contribution >= 0.6 is 0 Å². The number of aromatic nitrogens is 4. The first-order valence-electron chi connectivity index (χ1n) is 12.1. The van der Waals surface area contributed by atoms with E-state index in [2.05, 4.69) is 21.9 Å². The molecule has 0 saturated carbocycles. The van der Waals surface area contributed by atoms with Crippen molar-refractivity contribution in [2.24, 2.45) is 0 Å². The van der Waals surface area contributed by atoms with Crippen LogP contribution in [0.2, 0.25) is 0 Å². The highest BCUT2D eigenvalue weighted by molar-refractivity contribution is 5.99. The van der Waals surface area contributed by atoms with Crippen LogP contribution in [0.4, 0.5) is 0 Å². The van der Waals surface area contributed by atoms with Crippen LogP contribution in [-0.2, 0) is 0 Å². The van der Waals surface area contributed by atoms with E-state index in [-0.39, 0.29) is 12.7 Å². The zero-order valence-corrected chi connectivity index (χ0v) is 20.0. The second-order valence-corrected chi connectivity index (χ2v) is 8.74. The number of carbonyl (C=O) groups is 1. The average molecular weight is 487 g/mol. The van der Waals surface area contributed by atoms with Gasteiger partial charge in [-0.15, -0.1) is 0 Å². The van der Waals surface area contributed by atoms with Crippen LogP contribution in [-0.4, -0.2) is 75.0 Å². The minimum absolute atomic E-state index is 0.0734. The Morgan fingerprint density at radius 1 is 1.06 bits per heavy atom. The van der Waals surface area contributed by atoms with Gasteiger partial charge in [-0.05, 0) is 49.4 Å². The van der Waals surface area contributed by atoms with Crippen LogP contribution in [0.25, 0.3) is 28.7 Å². The van der Waals surface area contributed by atoms with E-state index in [1.165, 1.54) is 0 Å². The molecule has 5 heterocycles. The summed E-state index contributed by atoms with van der Waals surface area (Å²) in [6.45, 7) is 6.52. The summed E-state index contributed by atoms with van der Waals surface area (Å²) in [7, 11) is 0. The summed E-state index contributed by atoms with van der Waals surface area (Å²) >= 11 is 0. The Morgan fingerprint density at radius 3 is 2.72 bits per heavy atom. The van der Waals surface area contributed by atoms with Gasteiger partial charge < -0.3 is 18.8 Å². The summed E-state index contributed by atoms with van der Waals surface area (Å²) in [4.78, 5) is 27.0. The van der Waals surface area contributed by atoms with Gasteiger partial charge in [-0.3, -0.25) is 9.69 Å². The van der Waals surface area contributed by atoms with Crippen LogP contribution in [0.1, 0.15) is 23.7 Å². The first-order chi connectivity index (χ1) is 17.7. The molecule has 0 N–H and O–H groups in total. The van der Waals surface area contributed by atoms with Gasteiger partial charge in [0, 0.05) is 37.9 Å². The van der Waals surface area contributed by atoms with Crippen LogP contribution < -0.4 is 9.47 Å². The van der Waals surface area contributed by atoms with E-state index in [0.29, 0.717) is 53.2 Å². The number of piperazine rings is 1. The number of furan rings is 1. The molecule has 4 aromatic rings. The predicted octanol–water partition coefficient (Wildman–Crippen LogP) is 3.49. The Labute approximate surface area is 208 Å². The summed E-state index contributed by atoms with van der Waals surface area (Å²) in [5.74, 6) is 2.17. The van der Waals surface area contributed by atoms with E-state index in [1.54, 1.807) is 29.4 Å². The van der Waals surface area contributed by atoms with E-state index in [4.69, 9.17) is 18.9 Å². The SMILES string of the molecule is CCCN1CCN(C(=O)c2cnn(-c3nccc(-c4ccc5c(c4)OCO5)n3)c2-c2ccco2)CC1. The molecule has 0 spiro atoms. The van der Waals surface area contributed by atoms with Crippen molar-refractivity contribution >= 4 is 5.91 Å². The monoisotopic (exact) mass is 486 g/mol. The summed E-state index contributed by atoms with van der Waals surface area (Å²) in [5, 5.41) is 4.52. The van der Waals surface area contributed by atoms with Gasteiger partial charge in [-0.25, -0.2) is 9.97 Å². The van der Waals surface area contributed by atoms with Gasteiger partial charge in [0.05, 0.1) is 23.7 Å². The lowest BCUT2D eigenvalue weighted by molar-refractivity contribution is 0.0638. The van der Waals surface area contributed by atoms with Crippen LogP contribution in [0.15, 0.2) is 59.5 Å². The number of nitrogens with zero attached hydrogens (tertiary/aromatic N) is 6. The summed E-state index contributed by atoms with van der Waals surface area (Å²) < 4.78 is 18.2. The van der Waals surface area contributed by atoms with Crippen molar-refractivity contribution in [1.29, 1.82) is 0 Å². The van der Waals surface area contributed by atoms with Gasteiger partial charge in [-0.1, -0.05) is 6.92 Å². The van der Waals surface area contributed by atoms with Crippen LogP contribution in [0, 0.1) is 0 Å². The Balaban J connectivity index is 1.34. The van der Waals surface area contributed by atoms with Gasteiger partial charge in [0.1, 0.15) is 5.69 Å². The molecule has 1 fully saturated rings. The average Bonchev–Trinajstić information content (AvgIpc) is 3.69. The summed E-state index contributed by atoms with van der Waals surface area (Å²) in [6, 6.07) is 11.1. The van der Waals surface area contributed by atoms with Crippen molar-refractivity contribution < 1.29 is 18.7 Å². The zero-order valence-electron chi connectivity index (χ0n) is 20.0. The molecule has 0 unspecified atom stereocenters. The van der Waals surface area contributed by atoms with Crippen LogP contribution in [0.3, 0.4) is 0 Å². The number of hydrogen-bond donors (Lipinski definition) is 0. The van der Waals surface area contributed by atoms with Crippen molar-refractivity contribution in [2.45, 2.75) is 13.3 Å². The van der Waals surface area contributed by atoms with E-state index >= 15 is 0 Å². The lowest BCUT2D eigenvalue weighted by atomic mass is 10.1. The highest BCUT2D eigenvalue weighted by atomic mass is 16.7. The molecule has 1 aromatic carbocycles. The molecule has 0 aliphatic carbocycles. The normalized spacial score (nSPS) is 15.4. The van der Waals surface area contributed by atoms with Crippen molar-refractivity contribution in [2.75, 3.05) is 39.5 Å². The smallest absolute Gasteiger partial charge is 0.257 e. The quantitative estimate of drug-likeness (QED) is 0.409. The van der Waals surface area contributed by atoms with Crippen molar-refractivity contribution in [3.63, 3.8) is 0 Å². The largest absolute Gasteiger partial charge is 0.463 e. The zero-order chi connectivity index (χ0) is 24.5. The van der Waals surface area contributed by atoms with Gasteiger partial charge >= 0.3 is 0 Å². The molecule has 0 radical (unpaired) electrons. The predicted molar refractivity (Wildman–Crippen MR) is 131 cm³/mol. The maximum atomic E-state index is 13.6. The molecule has 3 aromatic heterocycles. The minimum atomic E-state index is -0.0734. The fraction of sp³-hybridized carbons (Fsp3) is 0.308. The summed E-state index contributed by atoms with van der Waals surface area (Å²) in [6.07, 6.45) is 5.93. The number of fused-ring (bicyclic) bond motifs is 1. The van der Waals surface area contributed by atoms with E-state index in [9.17, 15) is 4.79 Å². The second-order valence-electron chi connectivity index (χ2n) is 8.74. The van der Waals surface area contributed by atoms with Gasteiger partial charge in [0.25, 0.3) is 11.9 Å². The molecule has 2 aliphatic rings. The van der Waals surface area contributed by atoms with Crippen molar-refractivity contribution in [1.82, 2.24) is 29.5 Å². The minimum Gasteiger partial charge on any atom is -0.463 e. The lowest BCUT2D eigenvalue weighted by Gasteiger charge is -2.34. The maximum absolute atomic E-state index is 13.6. The number of carbonyl (C=O) groups excluding carboxylic acids is 1. The third-order valence-corrected chi connectivity index (χ3v) is 6.45. The van der Waals surface area contributed by atoms with Crippen LogP contribution in [0.5, 0.6) is 11.5 Å².